The number of benzene rings is 2. The molecule has 0 aliphatic heterocycles. The Morgan fingerprint density at radius 2 is 1.57 bits per heavy atom. The minimum Gasteiger partial charge on any atom is -0.497 e. The number of nitrogens with one attached hydrogen (secondary N) is 1. The highest BCUT2D eigenvalue weighted by Gasteiger charge is 2.37. The standard InChI is InChI=1S/C23H21F6N3O2S/c1-34-18-9-5-16(6-10-18)19-12-35-21(30-19)31-20(33)11-4-15-2-7-17(8-3-15)32(13-22(24,25)26)14-23(27,28)29/h2-3,5-10,12H,4,11,13-14H2,1H3,(H,30,31,33). The monoisotopic (exact) mass is 517 g/mol. The number of aryl methyl sites for hydroxylation is 1. The van der Waals surface area contributed by atoms with Gasteiger partial charge in [0.1, 0.15) is 18.8 Å². The summed E-state index contributed by atoms with van der Waals surface area (Å²) in [5.74, 6) is 0.388. The van der Waals surface area contributed by atoms with Gasteiger partial charge in [0, 0.05) is 23.1 Å². The number of amides is 1. The third kappa shape index (κ3) is 8.46. The van der Waals surface area contributed by atoms with E-state index in [9.17, 15) is 31.1 Å². The van der Waals surface area contributed by atoms with Crippen LogP contribution in [0.3, 0.4) is 0 Å². The molecule has 0 unspecified atom stereocenters. The van der Waals surface area contributed by atoms with Crippen LogP contribution in [0.5, 0.6) is 5.75 Å². The average molecular weight is 517 g/mol. The van der Waals surface area contributed by atoms with E-state index in [4.69, 9.17) is 4.74 Å². The maximum Gasteiger partial charge on any atom is 0.405 e. The van der Waals surface area contributed by atoms with Crippen LogP contribution in [0.25, 0.3) is 11.3 Å². The number of alkyl halides is 6. The second kappa shape index (κ2) is 11.0. The quantitative estimate of drug-likeness (QED) is 0.338. The molecule has 0 saturated carbocycles. The summed E-state index contributed by atoms with van der Waals surface area (Å²) in [5.41, 5.74) is 1.93. The minimum absolute atomic E-state index is 0.0611. The third-order valence-corrected chi connectivity index (χ3v) is 5.58. The van der Waals surface area contributed by atoms with Crippen molar-refractivity contribution in [3.63, 3.8) is 0 Å². The van der Waals surface area contributed by atoms with Crippen LogP contribution >= 0.6 is 11.3 Å². The molecule has 1 heterocycles. The molecule has 188 valence electrons. The van der Waals surface area contributed by atoms with Gasteiger partial charge in [-0.3, -0.25) is 4.79 Å². The molecule has 35 heavy (non-hydrogen) atoms. The van der Waals surface area contributed by atoms with Gasteiger partial charge in [-0.1, -0.05) is 12.1 Å². The fraction of sp³-hybridized carbons (Fsp3) is 0.304. The van der Waals surface area contributed by atoms with Crippen LogP contribution in [0.15, 0.2) is 53.9 Å². The molecule has 3 aromatic rings. The normalized spacial score (nSPS) is 11.9. The summed E-state index contributed by atoms with van der Waals surface area (Å²) in [6, 6.07) is 12.5. The molecule has 1 amide bonds. The van der Waals surface area contributed by atoms with Crippen molar-refractivity contribution in [2.24, 2.45) is 0 Å². The second-order valence-corrected chi connectivity index (χ2v) is 8.43. The highest BCUT2D eigenvalue weighted by molar-refractivity contribution is 7.14. The van der Waals surface area contributed by atoms with Crippen molar-refractivity contribution in [1.82, 2.24) is 4.98 Å². The highest BCUT2D eigenvalue weighted by atomic mass is 32.1. The number of methoxy groups -OCH3 is 1. The molecule has 0 spiro atoms. The number of carbonyl (C=O) groups is 1. The molecule has 0 aliphatic carbocycles. The number of aromatic nitrogens is 1. The molecular formula is C23H21F6N3O2S. The Morgan fingerprint density at radius 1 is 0.971 bits per heavy atom. The zero-order valence-electron chi connectivity index (χ0n) is 18.4. The van der Waals surface area contributed by atoms with Gasteiger partial charge < -0.3 is 15.0 Å². The Balaban J connectivity index is 1.55. The maximum atomic E-state index is 12.7. The molecule has 0 saturated heterocycles. The first-order chi connectivity index (χ1) is 16.4. The van der Waals surface area contributed by atoms with E-state index >= 15 is 0 Å². The Labute approximate surface area is 201 Å². The third-order valence-electron chi connectivity index (χ3n) is 4.82. The maximum absolute atomic E-state index is 12.7. The number of nitrogens with zero attached hydrogens (tertiary/aromatic N) is 2. The van der Waals surface area contributed by atoms with E-state index < -0.39 is 25.4 Å². The van der Waals surface area contributed by atoms with E-state index in [1.165, 1.54) is 35.6 Å². The Bertz CT molecular complexity index is 1100. The van der Waals surface area contributed by atoms with Crippen LogP contribution in [0.1, 0.15) is 12.0 Å². The number of rotatable bonds is 9. The van der Waals surface area contributed by atoms with Crippen molar-refractivity contribution in [1.29, 1.82) is 0 Å². The Kier molecular flexibility index (Phi) is 8.26. The molecule has 1 aromatic heterocycles. The van der Waals surface area contributed by atoms with Crippen LogP contribution in [0, 0.1) is 0 Å². The lowest BCUT2D eigenvalue weighted by molar-refractivity contribution is -0.137. The number of anilines is 2. The second-order valence-electron chi connectivity index (χ2n) is 7.57. The number of carbonyl (C=O) groups excluding carboxylic acids is 1. The van der Waals surface area contributed by atoms with Crippen molar-refractivity contribution in [3.8, 4) is 17.0 Å². The minimum atomic E-state index is -4.79. The molecule has 0 radical (unpaired) electrons. The molecule has 0 atom stereocenters. The van der Waals surface area contributed by atoms with Crippen LogP contribution in [0.4, 0.5) is 37.2 Å². The number of ether oxygens (including phenoxy) is 1. The average Bonchev–Trinajstić information content (AvgIpc) is 3.24. The highest BCUT2D eigenvalue weighted by Crippen LogP contribution is 2.28. The van der Waals surface area contributed by atoms with Crippen molar-refractivity contribution in [3.05, 3.63) is 59.5 Å². The van der Waals surface area contributed by atoms with Crippen molar-refractivity contribution >= 4 is 28.1 Å². The van der Waals surface area contributed by atoms with Gasteiger partial charge >= 0.3 is 12.4 Å². The summed E-state index contributed by atoms with van der Waals surface area (Å²) in [4.78, 5) is 16.9. The van der Waals surface area contributed by atoms with Gasteiger partial charge in [-0.2, -0.15) is 26.3 Å². The van der Waals surface area contributed by atoms with Gasteiger partial charge in [0.25, 0.3) is 0 Å². The number of thiazole rings is 1. The first-order valence-electron chi connectivity index (χ1n) is 10.3. The zero-order valence-corrected chi connectivity index (χ0v) is 19.2. The van der Waals surface area contributed by atoms with E-state index in [1.54, 1.807) is 24.6 Å². The van der Waals surface area contributed by atoms with Crippen LogP contribution in [0.2, 0.25) is 0 Å². The van der Waals surface area contributed by atoms with Gasteiger partial charge in [0.2, 0.25) is 5.91 Å². The molecule has 0 bridgehead atoms. The molecule has 0 fully saturated rings. The van der Waals surface area contributed by atoms with Gasteiger partial charge in [-0.25, -0.2) is 4.98 Å². The number of hydrogen-bond acceptors (Lipinski definition) is 5. The first-order valence-corrected chi connectivity index (χ1v) is 11.2. The van der Waals surface area contributed by atoms with Crippen molar-refractivity contribution in [2.75, 3.05) is 30.4 Å². The predicted molar refractivity (Wildman–Crippen MR) is 122 cm³/mol. The van der Waals surface area contributed by atoms with Gasteiger partial charge in [-0.05, 0) is 48.4 Å². The lowest BCUT2D eigenvalue weighted by atomic mass is 10.1. The van der Waals surface area contributed by atoms with Crippen LogP contribution < -0.4 is 15.0 Å². The van der Waals surface area contributed by atoms with Gasteiger partial charge in [0.15, 0.2) is 5.13 Å². The fourth-order valence-electron chi connectivity index (χ4n) is 3.21. The van der Waals surface area contributed by atoms with E-state index in [2.05, 4.69) is 10.3 Å². The first kappa shape index (κ1) is 26.3. The lowest BCUT2D eigenvalue weighted by Crippen LogP contribution is -2.40. The van der Waals surface area contributed by atoms with Crippen LogP contribution in [-0.2, 0) is 11.2 Å². The van der Waals surface area contributed by atoms with E-state index in [1.807, 2.05) is 12.1 Å². The van der Waals surface area contributed by atoms with E-state index in [0.29, 0.717) is 22.1 Å². The number of halogens is 6. The van der Waals surface area contributed by atoms with E-state index in [-0.39, 0.29) is 29.3 Å². The van der Waals surface area contributed by atoms with Gasteiger partial charge in [0.05, 0.1) is 12.8 Å². The zero-order chi connectivity index (χ0) is 25.6. The Hall–Kier alpha value is -3.28. The molecular weight excluding hydrogens is 496 g/mol. The summed E-state index contributed by atoms with van der Waals surface area (Å²) in [5, 5.41) is 4.90. The lowest BCUT2D eigenvalue weighted by Gasteiger charge is -2.27. The summed E-state index contributed by atoms with van der Waals surface area (Å²) in [6.45, 7) is -3.44. The fourth-order valence-corrected chi connectivity index (χ4v) is 3.95. The summed E-state index contributed by atoms with van der Waals surface area (Å²) < 4.78 is 81.3. The molecule has 0 aliphatic rings. The summed E-state index contributed by atoms with van der Waals surface area (Å²) in [7, 11) is 1.57. The SMILES string of the molecule is COc1ccc(-c2csc(NC(=O)CCc3ccc(N(CC(F)(F)F)CC(F)(F)F)cc3)n2)cc1. The van der Waals surface area contributed by atoms with Gasteiger partial charge in [-0.15, -0.1) is 11.3 Å². The van der Waals surface area contributed by atoms with Crippen molar-refractivity contribution < 1.29 is 35.9 Å². The molecule has 12 heteroatoms. The van der Waals surface area contributed by atoms with E-state index in [0.717, 1.165) is 5.56 Å². The largest absolute Gasteiger partial charge is 0.497 e. The van der Waals surface area contributed by atoms with Crippen LogP contribution in [-0.4, -0.2) is 43.4 Å². The smallest absolute Gasteiger partial charge is 0.405 e. The molecule has 2 aromatic carbocycles. The summed E-state index contributed by atoms with van der Waals surface area (Å²) >= 11 is 1.25. The Morgan fingerprint density at radius 3 is 2.11 bits per heavy atom. The molecule has 3 rings (SSSR count). The topological polar surface area (TPSA) is 54.5 Å². The summed E-state index contributed by atoms with van der Waals surface area (Å²) in [6.07, 6.45) is -9.26. The predicted octanol–water partition coefficient (Wildman–Crippen LogP) is 6.32. The van der Waals surface area contributed by atoms with Crippen molar-refractivity contribution in [2.45, 2.75) is 25.2 Å². The molecule has 5 nitrogen and oxygen atoms in total. The molecule has 1 N–H and O–H groups in total. The number of hydrogen-bond donors (Lipinski definition) is 1.